The molecule has 11 heteroatoms. The number of hydrogen-bond donors (Lipinski definition) is 2. The van der Waals surface area contributed by atoms with Gasteiger partial charge in [-0.25, -0.2) is 0 Å². The SMILES string of the molecule is Cc1cccc(C)c1N1CC(CCCO)(C(=O)Nc2cc(C(F)(F)F)cc(C(F)(F)F)c2)CC1=O. The third-order valence-corrected chi connectivity index (χ3v) is 6.10. The van der Waals surface area contributed by atoms with E-state index in [1.165, 1.54) is 4.90 Å². The lowest BCUT2D eigenvalue weighted by Gasteiger charge is -2.29. The van der Waals surface area contributed by atoms with Crippen molar-refractivity contribution >= 4 is 23.2 Å². The minimum atomic E-state index is -5.07. The van der Waals surface area contributed by atoms with Gasteiger partial charge in [0.15, 0.2) is 0 Å². The molecule has 1 unspecified atom stereocenters. The normalized spacial score (nSPS) is 18.8. The summed E-state index contributed by atoms with van der Waals surface area (Å²) in [6.45, 7) is 3.12. The Morgan fingerprint density at radius 1 is 1.03 bits per heavy atom. The summed E-state index contributed by atoms with van der Waals surface area (Å²) >= 11 is 0. The highest BCUT2D eigenvalue weighted by molar-refractivity contribution is 6.06. The summed E-state index contributed by atoms with van der Waals surface area (Å²) in [5.41, 5.74) is -3.14. The summed E-state index contributed by atoms with van der Waals surface area (Å²) in [6.07, 6.45) is -10.3. The number of amides is 2. The minimum absolute atomic E-state index is 0.00753. The number of nitrogens with zero attached hydrogens (tertiary/aromatic N) is 1. The van der Waals surface area contributed by atoms with Crippen molar-refractivity contribution < 1.29 is 41.0 Å². The predicted molar refractivity (Wildman–Crippen MR) is 117 cm³/mol. The van der Waals surface area contributed by atoms with E-state index >= 15 is 0 Å². The van der Waals surface area contributed by atoms with Crippen molar-refractivity contribution in [2.75, 3.05) is 23.4 Å². The quantitative estimate of drug-likeness (QED) is 0.515. The van der Waals surface area contributed by atoms with E-state index < -0.39 is 46.4 Å². The van der Waals surface area contributed by atoms with Gasteiger partial charge in [-0.15, -0.1) is 0 Å². The standard InChI is InChI=1S/C24H24F6N2O3/c1-14-5-3-6-15(2)20(14)32-13-22(7-4-8-33,12-19(32)34)21(35)31-18-10-16(23(25,26)27)9-17(11-18)24(28,29)30/h3,5-6,9-11,33H,4,7-8,12-13H2,1-2H3,(H,31,35). The number of para-hydroxylation sites is 1. The molecule has 5 nitrogen and oxygen atoms in total. The van der Waals surface area contributed by atoms with Crippen LogP contribution in [0.1, 0.15) is 41.5 Å². The Morgan fingerprint density at radius 2 is 1.57 bits per heavy atom. The Bertz CT molecular complexity index is 1080. The lowest BCUT2D eigenvalue weighted by atomic mass is 9.81. The van der Waals surface area contributed by atoms with E-state index in [0.717, 1.165) is 11.1 Å². The van der Waals surface area contributed by atoms with Crippen molar-refractivity contribution in [2.24, 2.45) is 5.41 Å². The number of alkyl halides is 6. The maximum absolute atomic E-state index is 13.3. The second kappa shape index (κ2) is 9.52. The summed E-state index contributed by atoms with van der Waals surface area (Å²) < 4.78 is 79.3. The van der Waals surface area contributed by atoms with E-state index in [1.54, 1.807) is 32.0 Å². The molecule has 0 saturated carbocycles. The first-order valence-corrected chi connectivity index (χ1v) is 10.8. The van der Waals surface area contributed by atoms with Gasteiger partial charge in [-0.05, 0) is 56.0 Å². The monoisotopic (exact) mass is 502 g/mol. The highest BCUT2D eigenvalue weighted by Gasteiger charge is 2.49. The second-order valence-electron chi connectivity index (χ2n) is 8.75. The van der Waals surface area contributed by atoms with Gasteiger partial charge in [0, 0.05) is 30.9 Å². The van der Waals surface area contributed by atoms with Gasteiger partial charge >= 0.3 is 12.4 Å². The first-order chi connectivity index (χ1) is 16.2. The van der Waals surface area contributed by atoms with Crippen LogP contribution in [0.15, 0.2) is 36.4 Å². The molecule has 1 aliphatic rings. The molecule has 0 bridgehead atoms. The van der Waals surface area contributed by atoms with Crippen LogP contribution in [0, 0.1) is 19.3 Å². The summed E-state index contributed by atoms with van der Waals surface area (Å²) in [7, 11) is 0. The fourth-order valence-electron chi connectivity index (χ4n) is 4.41. The molecule has 190 valence electrons. The second-order valence-corrected chi connectivity index (χ2v) is 8.75. The summed E-state index contributed by atoms with van der Waals surface area (Å²) in [5, 5.41) is 11.5. The predicted octanol–water partition coefficient (Wildman–Crippen LogP) is 5.48. The number of aliphatic hydroxyl groups is 1. The zero-order chi connectivity index (χ0) is 26.2. The van der Waals surface area contributed by atoms with Crippen LogP contribution in [0.4, 0.5) is 37.7 Å². The molecule has 0 aromatic heterocycles. The number of aliphatic hydroxyl groups excluding tert-OH is 1. The van der Waals surface area contributed by atoms with Crippen molar-refractivity contribution in [3.63, 3.8) is 0 Å². The number of benzene rings is 2. The number of carbonyl (C=O) groups is 2. The summed E-state index contributed by atoms with van der Waals surface area (Å²) in [6, 6.07) is 6.18. The van der Waals surface area contributed by atoms with Gasteiger partial charge in [-0.3, -0.25) is 9.59 Å². The summed E-state index contributed by atoms with van der Waals surface area (Å²) in [4.78, 5) is 27.7. The van der Waals surface area contributed by atoms with Gasteiger partial charge < -0.3 is 15.3 Å². The number of anilines is 2. The number of aryl methyl sites for hydroxylation is 2. The van der Waals surface area contributed by atoms with Crippen molar-refractivity contribution in [1.29, 1.82) is 0 Å². The molecule has 2 aromatic carbocycles. The lowest BCUT2D eigenvalue weighted by molar-refractivity contribution is -0.143. The van der Waals surface area contributed by atoms with Gasteiger partial charge in [-0.1, -0.05) is 18.2 Å². The molecule has 2 amide bonds. The van der Waals surface area contributed by atoms with Crippen molar-refractivity contribution in [3.05, 3.63) is 58.7 Å². The van der Waals surface area contributed by atoms with Crippen LogP contribution >= 0.6 is 0 Å². The van der Waals surface area contributed by atoms with Gasteiger partial charge in [0.25, 0.3) is 0 Å². The average molecular weight is 502 g/mol. The van der Waals surface area contributed by atoms with E-state index in [0.29, 0.717) is 17.8 Å². The Labute approximate surface area is 197 Å². The highest BCUT2D eigenvalue weighted by atomic mass is 19.4. The molecule has 2 aromatic rings. The van der Waals surface area contributed by atoms with Crippen LogP contribution in [0.25, 0.3) is 0 Å². The largest absolute Gasteiger partial charge is 0.416 e. The van der Waals surface area contributed by atoms with Crippen LogP contribution < -0.4 is 10.2 Å². The van der Waals surface area contributed by atoms with E-state index in [-0.39, 0.29) is 38.5 Å². The number of nitrogens with one attached hydrogen (secondary N) is 1. The Kier molecular flexibility index (Phi) is 7.21. The Morgan fingerprint density at radius 3 is 2.06 bits per heavy atom. The van der Waals surface area contributed by atoms with Crippen molar-refractivity contribution in [1.82, 2.24) is 0 Å². The number of rotatable bonds is 6. The smallest absolute Gasteiger partial charge is 0.396 e. The molecule has 1 heterocycles. The Hall–Kier alpha value is -3.08. The fraction of sp³-hybridized carbons (Fsp3) is 0.417. The molecule has 1 fully saturated rings. The van der Waals surface area contributed by atoms with Crippen LogP contribution in [0.5, 0.6) is 0 Å². The first kappa shape index (κ1) is 26.5. The molecule has 35 heavy (non-hydrogen) atoms. The zero-order valence-electron chi connectivity index (χ0n) is 19.0. The van der Waals surface area contributed by atoms with Crippen LogP contribution in [-0.2, 0) is 21.9 Å². The maximum Gasteiger partial charge on any atom is 0.416 e. The molecule has 1 aliphatic heterocycles. The molecule has 0 spiro atoms. The molecule has 2 N–H and O–H groups in total. The topological polar surface area (TPSA) is 69.6 Å². The first-order valence-electron chi connectivity index (χ1n) is 10.8. The fourth-order valence-corrected chi connectivity index (χ4v) is 4.41. The van der Waals surface area contributed by atoms with E-state index in [4.69, 9.17) is 0 Å². The summed E-state index contributed by atoms with van der Waals surface area (Å²) in [5.74, 6) is -1.30. The van der Waals surface area contributed by atoms with E-state index in [9.17, 15) is 41.0 Å². The third-order valence-electron chi connectivity index (χ3n) is 6.10. The number of hydrogen-bond acceptors (Lipinski definition) is 3. The van der Waals surface area contributed by atoms with E-state index in [1.807, 2.05) is 0 Å². The van der Waals surface area contributed by atoms with Crippen molar-refractivity contribution in [3.8, 4) is 0 Å². The van der Waals surface area contributed by atoms with Crippen LogP contribution in [0.2, 0.25) is 0 Å². The number of carbonyl (C=O) groups excluding carboxylic acids is 2. The number of halogens is 6. The maximum atomic E-state index is 13.3. The van der Waals surface area contributed by atoms with Crippen LogP contribution in [0.3, 0.4) is 0 Å². The van der Waals surface area contributed by atoms with E-state index in [2.05, 4.69) is 5.32 Å². The molecule has 0 radical (unpaired) electrons. The molecular formula is C24H24F6N2O3. The minimum Gasteiger partial charge on any atom is -0.396 e. The lowest BCUT2D eigenvalue weighted by Crippen LogP contribution is -2.39. The average Bonchev–Trinajstić information content (AvgIpc) is 3.08. The highest BCUT2D eigenvalue weighted by Crippen LogP contribution is 2.42. The molecule has 1 saturated heterocycles. The molecule has 1 atom stereocenters. The third kappa shape index (κ3) is 5.61. The molecular weight excluding hydrogens is 478 g/mol. The zero-order valence-corrected chi connectivity index (χ0v) is 19.0. The van der Waals surface area contributed by atoms with Crippen molar-refractivity contribution in [2.45, 2.75) is 45.5 Å². The van der Waals surface area contributed by atoms with Gasteiger partial charge in [0.1, 0.15) is 0 Å². The Balaban J connectivity index is 2.00. The van der Waals surface area contributed by atoms with Gasteiger partial charge in [-0.2, -0.15) is 26.3 Å². The van der Waals surface area contributed by atoms with Crippen LogP contribution in [-0.4, -0.2) is 30.1 Å². The molecule has 3 rings (SSSR count). The van der Waals surface area contributed by atoms with Gasteiger partial charge in [0.2, 0.25) is 11.8 Å². The van der Waals surface area contributed by atoms with Gasteiger partial charge in [0.05, 0.1) is 16.5 Å². The molecule has 0 aliphatic carbocycles.